The molecule has 0 aliphatic heterocycles. The summed E-state index contributed by atoms with van der Waals surface area (Å²) in [6.45, 7) is 0.145. The summed E-state index contributed by atoms with van der Waals surface area (Å²) < 4.78 is 10.6. The van der Waals surface area contributed by atoms with Gasteiger partial charge in [-0.05, 0) is 30.6 Å². The molecule has 2 aromatic rings. The van der Waals surface area contributed by atoms with E-state index in [9.17, 15) is 9.90 Å². The van der Waals surface area contributed by atoms with Crippen molar-refractivity contribution < 1.29 is 19.1 Å². The van der Waals surface area contributed by atoms with Gasteiger partial charge in [0.2, 0.25) is 11.8 Å². The van der Waals surface area contributed by atoms with Crippen LogP contribution in [0.1, 0.15) is 12.3 Å². The Morgan fingerprint density at radius 2 is 2.38 bits per heavy atom. The Bertz CT molecular complexity index is 614. The minimum absolute atomic E-state index is 0.145. The van der Waals surface area contributed by atoms with E-state index in [-0.39, 0.29) is 6.54 Å². The van der Waals surface area contributed by atoms with Gasteiger partial charge >= 0.3 is 0 Å². The average molecular weight is 310 g/mol. The number of amides is 1. The SMILES string of the molecule is COc1ccc2oc(CNC(=O)[C@@H](O)CCSC)nc2c1. The Kier molecular flexibility index (Phi) is 5.46. The van der Waals surface area contributed by atoms with Crippen LogP contribution in [0.3, 0.4) is 0 Å². The van der Waals surface area contributed by atoms with E-state index in [4.69, 9.17) is 9.15 Å². The number of rotatable bonds is 7. The van der Waals surface area contributed by atoms with Gasteiger partial charge in [-0.1, -0.05) is 0 Å². The third-order valence-electron chi connectivity index (χ3n) is 2.95. The van der Waals surface area contributed by atoms with Crippen molar-refractivity contribution >= 4 is 28.8 Å². The maximum Gasteiger partial charge on any atom is 0.249 e. The van der Waals surface area contributed by atoms with Crippen LogP contribution >= 0.6 is 11.8 Å². The predicted octanol–water partition coefficient (Wildman–Crippen LogP) is 1.57. The number of carbonyl (C=O) groups excluding carboxylic acids is 1. The van der Waals surface area contributed by atoms with Crippen molar-refractivity contribution in [3.05, 3.63) is 24.1 Å². The second-order valence-electron chi connectivity index (χ2n) is 4.46. The molecule has 6 nitrogen and oxygen atoms in total. The highest BCUT2D eigenvalue weighted by Crippen LogP contribution is 2.21. The molecule has 21 heavy (non-hydrogen) atoms. The Morgan fingerprint density at radius 3 is 3.10 bits per heavy atom. The van der Waals surface area contributed by atoms with Gasteiger partial charge in [0.15, 0.2) is 5.58 Å². The number of methoxy groups -OCH3 is 1. The van der Waals surface area contributed by atoms with Crippen LogP contribution in [0.25, 0.3) is 11.1 Å². The lowest BCUT2D eigenvalue weighted by atomic mass is 10.2. The van der Waals surface area contributed by atoms with Crippen molar-refractivity contribution in [3.63, 3.8) is 0 Å². The van der Waals surface area contributed by atoms with Gasteiger partial charge in [-0.3, -0.25) is 4.79 Å². The molecule has 0 fully saturated rings. The maximum atomic E-state index is 11.7. The first-order chi connectivity index (χ1) is 10.1. The Hall–Kier alpha value is -1.73. The minimum Gasteiger partial charge on any atom is -0.497 e. The van der Waals surface area contributed by atoms with Crippen LogP contribution in [0.15, 0.2) is 22.6 Å². The first-order valence-corrected chi connectivity index (χ1v) is 7.91. The molecule has 0 aliphatic carbocycles. The quantitative estimate of drug-likeness (QED) is 0.807. The highest BCUT2D eigenvalue weighted by Gasteiger charge is 2.15. The summed E-state index contributed by atoms with van der Waals surface area (Å²) in [6.07, 6.45) is 1.36. The molecule has 2 rings (SSSR count). The number of aliphatic hydroxyl groups is 1. The number of ether oxygens (including phenoxy) is 1. The van der Waals surface area contributed by atoms with Gasteiger partial charge in [0.1, 0.15) is 17.4 Å². The van der Waals surface area contributed by atoms with E-state index in [0.717, 1.165) is 5.75 Å². The molecule has 1 atom stereocenters. The van der Waals surface area contributed by atoms with Crippen LogP contribution in [0, 0.1) is 0 Å². The van der Waals surface area contributed by atoms with Gasteiger partial charge in [0.25, 0.3) is 0 Å². The van der Waals surface area contributed by atoms with E-state index < -0.39 is 12.0 Å². The molecule has 0 aliphatic rings. The molecule has 0 saturated heterocycles. The first-order valence-electron chi connectivity index (χ1n) is 6.52. The first kappa shape index (κ1) is 15.7. The Labute approximate surface area is 126 Å². The molecular formula is C14H18N2O4S. The van der Waals surface area contributed by atoms with Crippen LogP contribution in [-0.2, 0) is 11.3 Å². The molecule has 0 bridgehead atoms. The number of thioether (sulfide) groups is 1. The summed E-state index contributed by atoms with van der Waals surface area (Å²) in [7, 11) is 1.58. The highest BCUT2D eigenvalue weighted by atomic mass is 32.2. The normalized spacial score (nSPS) is 12.3. The fraction of sp³-hybridized carbons (Fsp3) is 0.429. The molecule has 0 unspecified atom stereocenters. The van der Waals surface area contributed by atoms with E-state index in [0.29, 0.717) is 29.2 Å². The number of nitrogens with zero attached hydrogens (tertiary/aromatic N) is 1. The molecule has 2 N–H and O–H groups in total. The molecule has 7 heteroatoms. The van der Waals surface area contributed by atoms with Crippen molar-refractivity contribution in [2.24, 2.45) is 0 Å². The number of oxazole rings is 1. The number of aromatic nitrogens is 1. The number of carbonyl (C=O) groups is 1. The van der Waals surface area contributed by atoms with Crippen molar-refractivity contribution in [1.29, 1.82) is 0 Å². The lowest BCUT2D eigenvalue weighted by Crippen LogP contribution is -2.34. The minimum atomic E-state index is -0.998. The monoisotopic (exact) mass is 310 g/mol. The van der Waals surface area contributed by atoms with Crippen molar-refractivity contribution in [2.45, 2.75) is 19.1 Å². The Balaban J connectivity index is 1.95. The molecule has 114 valence electrons. The second-order valence-corrected chi connectivity index (χ2v) is 5.44. The lowest BCUT2D eigenvalue weighted by molar-refractivity contribution is -0.129. The molecule has 1 aromatic carbocycles. The van der Waals surface area contributed by atoms with Crippen LogP contribution in [0.2, 0.25) is 0 Å². The molecule has 0 spiro atoms. The molecule has 1 aromatic heterocycles. The van der Waals surface area contributed by atoms with E-state index >= 15 is 0 Å². The topological polar surface area (TPSA) is 84.6 Å². The molecule has 0 radical (unpaired) electrons. The van der Waals surface area contributed by atoms with Gasteiger partial charge in [0, 0.05) is 6.07 Å². The van der Waals surface area contributed by atoms with E-state index in [2.05, 4.69) is 10.3 Å². The number of hydrogen-bond donors (Lipinski definition) is 2. The predicted molar refractivity (Wildman–Crippen MR) is 81.4 cm³/mol. The molecular weight excluding hydrogens is 292 g/mol. The van der Waals surface area contributed by atoms with Crippen LogP contribution in [0.5, 0.6) is 5.75 Å². The number of aliphatic hydroxyl groups excluding tert-OH is 1. The summed E-state index contributed by atoms with van der Waals surface area (Å²) in [5.74, 6) is 1.41. The third kappa shape index (κ3) is 4.12. The Morgan fingerprint density at radius 1 is 1.57 bits per heavy atom. The number of fused-ring (bicyclic) bond motifs is 1. The van der Waals surface area contributed by atoms with Gasteiger partial charge in [-0.2, -0.15) is 11.8 Å². The maximum absolute atomic E-state index is 11.7. The summed E-state index contributed by atoms with van der Waals surface area (Å²) >= 11 is 1.59. The van der Waals surface area contributed by atoms with E-state index in [1.165, 1.54) is 0 Å². The summed E-state index contributed by atoms with van der Waals surface area (Å²) in [6, 6.07) is 5.30. The van der Waals surface area contributed by atoms with Gasteiger partial charge in [-0.15, -0.1) is 0 Å². The van der Waals surface area contributed by atoms with E-state index in [1.54, 1.807) is 37.1 Å². The fourth-order valence-electron chi connectivity index (χ4n) is 1.80. The van der Waals surface area contributed by atoms with Gasteiger partial charge in [-0.25, -0.2) is 4.98 Å². The van der Waals surface area contributed by atoms with Crippen LogP contribution < -0.4 is 10.1 Å². The number of benzene rings is 1. The number of nitrogens with one attached hydrogen (secondary N) is 1. The number of hydrogen-bond acceptors (Lipinski definition) is 6. The molecule has 0 saturated carbocycles. The lowest BCUT2D eigenvalue weighted by Gasteiger charge is -2.09. The third-order valence-corrected chi connectivity index (χ3v) is 3.59. The van der Waals surface area contributed by atoms with Crippen LogP contribution in [-0.4, -0.2) is 41.2 Å². The van der Waals surface area contributed by atoms with Crippen molar-refractivity contribution in [1.82, 2.24) is 10.3 Å². The summed E-state index contributed by atoms with van der Waals surface area (Å²) in [5, 5.41) is 12.3. The highest BCUT2D eigenvalue weighted by molar-refractivity contribution is 7.98. The van der Waals surface area contributed by atoms with Crippen LogP contribution in [0.4, 0.5) is 0 Å². The molecule has 1 heterocycles. The smallest absolute Gasteiger partial charge is 0.249 e. The zero-order chi connectivity index (χ0) is 15.2. The van der Waals surface area contributed by atoms with Gasteiger partial charge < -0.3 is 19.6 Å². The standard InChI is InChI=1S/C14H18N2O4S/c1-19-9-3-4-12-10(7-9)16-13(20-12)8-15-14(18)11(17)5-6-21-2/h3-4,7,11,17H,5-6,8H2,1-2H3,(H,15,18)/t11-/m0/s1. The fourth-order valence-corrected chi connectivity index (χ4v) is 2.26. The summed E-state index contributed by atoms with van der Waals surface area (Å²) in [4.78, 5) is 15.9. The zero-order valence-electron chi connectivity index (χ0n) is 12.0. The van der Waals surface area contributed by atoms with Gasteiger partial charge in [0.05, 0.1) is 13.7 Å². The van der Waals surface area contributed by atoms with E-state index in [1.807, 2.05) is 6.26 Å². The zero-order valence-corrected chi connectivity index (χ0v) is 12.8. The summed E-state index contributed by atoms with van der Waals surface area (Å²) in [5.41, 5.74) is 1.30. The second kappa shape index (κ2) is 7.33. The average Bonchev–Trinajstić information content (AvgIpc) is 2.91. The molecule has 1 amide bonds. The van der Waals surface area contributed by atoms with Crippen molar-refractivity contribution in [2.75, 3.05) is 19.1 Å². The van der Waals surface area contributed by atoms with Crippen molar-refractivity contribution in [3.8, 4) is 5.75 Å². The largest absolute Gasteiger partial charge is 0.497 e.